The number of halogens is 1. The van der Waals surface area contributed by atoms with E-state index in [1.54, 1.807) is 6.92 Å². The number of carbonyl (C=O) groups is 2. The number of benzene rings is 2. The molecule has 0 radical (unpaired) electrons. The van der Waals surface area contributed by atoms with Gasteiger partial charge in [0.1, 0.15) is 6.61 Å². The van der Waals surface area contributed by atoms with Gasteiger partial charge in [-0.15, -0.1) is 0 Å². The average molecular weight is 414 g/mol. The van der Waals surface area contributed by atoms with Gasteiger partial charge >= 0.3 is 5.97 Å². The molecule has 0 saturated carbocycles. The van der Waals surface area contributed by atoms with E-state index in [0.717, 1.165) is 21.2 Å². The molecule has 0 saturated heterocycles. The first kappa shape index (κ1) is 18.4. The molecule has 2 aromatic rings. The number of rotatable bonds is 4. The van der Waals surface area contributed by atoms with Crippen molar-refractivity contribution in [3.8, 4) is 0 Å². The number of nitrogens with one attached hydrogen (secondary N) is 1. The van der Waals surface area contributed by atoms with Crippen molar-refractivity contribution < 1.29 is 14.3 Å². The van der Waals surface area contributed by atoms with E-state index in [2.05, 4.69) is 21.2 Å². The van der Waals surface area contributed by atoms with Gasteiger partial charge in [0.05, 0.1) is 5.57 Å². The molecule has 1 aliphatic heterocycles. The molecule has 3 rings (SSSR count). The monoisotopic (exact) mass is 413 g/mol. The van der Waals surface area contributed by atoms with E-state index >= 15 is 0 Å². The fourth-order valence-electron chi connectivity index (χ4n) is 3.06. The van der Waals surface area contributed by atoms with Gasteiger partial charge in [0.25, 0.3) is 0 Å². The van der Waals surface area contributed by atoms with Crippen molar-refractivity contribution in [3.05, 3.63) is 81.0 Å². The minimum Gasteiger partial charge on any atom is -0.457 e. The molecular weight excluding hydrogens is 394 g/mol. The zero-order valence-electron chi connectivity index (χ0n) is 14.7. The SMILES string of the molecule is CC1=C(C(=O)OCc2ccc(C)cc2)[C@@H](c2ccc(Br)cc2)CC(=O)N1. The first-order valence-corrected chi connectivity index (χ1v) is 9.22. The fraction of sp³-hybridized carbons (Fsp3) is 0.238. The van der Waals surface area contributed by atoms with Crippen molar-refractivity contribution in [3.63, 3.8) is 0 Å². The number of hydrogen-bond acceptors (Lipinski definition) is 3. The lowest BCUT2D eigenvalue weighted by Crippen LogP contribution is -2.34. The van der Waals surface area contributed by atoms with E-state index in [1.807, 2.05) is 55.5 Å². The summed E-state index contributed by atoms with van der Waals surface area (Å²) in [5.41, 5.74) is 4.08. The van der Waals surface area contributed by atoms with E-state index in [4.69, 9.17) is 4.74 Å². The molecule has 0 aliphatic carbocycles. The summed E-state index contributed by atoms with van der Waals surface area (Å²) in [5.74, 6) is -0.788. The molecule has 0 bridgehead atoms. The van der Waals surface area contributed by atoms with E-state index in [1.165, 1.54) is 0 Å². The topological polar surface area (TPSA) is 55.4 Å². The Labute approximate surface area is 161 Å². The minimum absolute atomic E-state index is 0.0921. The highest BCUT2D eigenvalue weighted by molar-refractivity contribution is 9.10. The van der Waals surface area contributed by atoms with Crippen molar-refractivity contribution in [2.75, 3.05) is 0 Å². The van der Waals surface area contributed by atoms with Gasteiger partial charge in [0, 0.05) is 22.5 Å². The van der Waals surface area contributed by atoms with Gasteiger partial charge in [-0.1, -0.05) is 57.9 Å². The maximum absolute atomic E-state index is 12.8. The van der Waals surface area contributed by atoms with Crippen molar-refractivity contribution >= 4 is 27.8 Å². The predicted octanol–water partition coefficient (Wildman–Crippen LogP) is 4.38. The van der Waals surface area contributed by atoms with Crippen LogP contribution in [-0.2, 0) is 20.9 Å². The zero-order chi connectivity index (χ0) is 18.7. The molecule has 26 heavy (non-hydrogen) atoms. The third kappa shape index (κ3) is 4.22. The number of allylic oxidation sites excluding steroid dienone is 1. The Bertz CT molecular complexity index is 854. The Kier molecular flexibility index (Phi) is 5.57. The van der Waals surface area contributed by atoms with E-state index in [9.17, 15) is 9.59 Å². The smallest absolute Gasteiger partial charge is 0.336 e. The molecule has 5 heteroatoms. The molecule has 1 N–H and O–H groups in total. The van der Waals surface area contributed by atoms with Gasteiger partial charge < -0.3 is 10.1 Å². The second-order valence-electron chi connectivity index (χ2n) is 6.46. The normalized spacial score (nSPS) is 17.0. The molecule has 0 spiro atoms. The van der Waals surface area contributed by atoms with Crippen LogP contribution in [0.5, 0.6) is 0 Å². The van der Waals surface area contributed by atoms with E-state index in [-0.39, 0.29) is 24.9 Å². The van der Waals surface area contributed by atoms with Gasteiger partial charge in [0.2, 0.25) is 5.91 Å². The van der Waals surface area contributed by atoms with Crippen LogP contribution in [-0.4, -0.2) is 11.9 Å². The third-order valence-electron chi connectivity index (χ3n) is 4.45. The lowest BCUT2D eigenvalue weighted by Gasteiger charge is -2.26. The van der Waals surface area contributed by atoms with Crippen LogP contribution in [0.1, 0.15) is 36.0 Å². The Morgan fingerprint density at radius 3 is 2.42 bits per heavy atom. The van der Waals surface area contributed by atoms with E-state index in [0.29, 0.717) is 11.3 Å². The van der Waals surface area contributed by atoms with Gasteiger partial charge in [-0.25, -0.2) is 4.79 Å². The van der Waals surface area contributed by atoms with E-state index < -0.39 is 5.97 Å². The van der Waals surface area contributed by atoms with Gasteiger partial charge in [-0.2, -0.15) is 0 Å². The standard InChI is InChI=1S/C21H20BrNO3/c1-13-3-5-15(6-4-13)12-26-21(25)20-14(2)23-19(24)11-18(20)16-7-9-17(22)10-8-16/h3-10,18H,11-12H2,1-2H3,(H,23,24)/t18-/m1/s1. The number of hydrogen-bond donors (Lipinski definition) is 1. The van der Waals surface area contributed by atoms with Crippen LogP contribution >= 0.6 is 15.9 Å². The molecule has 1 amide bonds. The number of esters is 1. The Balaban J connectivity index is 1.82. The molecule has 2 aromatic carbocycles. The lowest BCUT2D eigenvalue weighted by molar-refractivity contribution is -0.141. The van der Waals surface area contributed by atoms with Crippen LogP contribution in [0.25, 0.3) is 0 Å². The minimum atomic E-state index is -0.393. The quantitative estimate of drug-likeness (QED) is 0.756. The molecule has 4 nitrogen and oxygen atoms in total. The Morgan fingerprint density at radius 1 is 1.12 bits per heavy atom. The summed E-state index contributed by atoms with van der Waals surface area (Å²) in [7, 11) is 0. The highest BCUT2D eigenvalue weighted by atomic mass is 79.9. The fourth-order valence-corrected chi connectivity index (χ4v) is 3.33. The largest absolute Gasteiger partial charge is 0.457 e. The highest BCUT2D eigenvalue weighted by Gasteiger charge is 2.32. The van der Waals surface area contributed by atoms with Crippen molar-refractivity contribution in [1.29, 1.82) is 0 Å². The molecular formula is C21H20BrNO3. The predicted molar refractivity (Wildman–Crippen MR) is 103 cm³/mol. The zero-order valence-corrected chi connectivity index (χ0v) is 16.3. The van der Waals surface area contributed by atoms with Crippen molar-refractivity contribution in [1.82, 2.24) is 5.32 Å². The van der Waals surface area contributed by atoms with Crippen LogP contribution in [0.4, 0.5) is 0 Å². The van der Waals surface area contributed by atoms with Gasteiger partial charge in [-0.3, -0.25) is 4.79 Å². The molecule has 0 unspecified atom stereocenters. The number of amides is 1. The van der Waals surface area contributed by atoms with Crippen molar-refractivity contribution in [2.24, 2.45) is 0 Å². The second kappa shape index (κ2) is 7.87. The summed E-state index contributed by atoms with van der Waals surface area (Å²) in [4.78, 5) is 24.8. The first-order valence-electron chi connectivity index (χ1n) is 8.43. The van der Waals surface area contributed by atoms with Crippen LogP contribution in [0, 0.1) is 6.92 Å². The maximum atomic E-state index is 12.8. The highest BCUT2D eigenvalue weighted by Crippen LogP contribution is 2.34. The summed E-state index contributed by atoms with van der Waals surface area (Å²) < 4.78 is 6.48. The maximum Gasteiger partial charge on any atom is 0.336 e. The average Bonchev–Trinajstić information content (AvgIpc) is 2.61. The number of carbonyl (C=O) groups excluding carboxylic acids is 2. The summed E-state index contributed by atoms with van der Waals surface area (Å²) in [6.07, 6.45) is 0.230. The molecule has 1 heterocycles. The van der Waals surface area contributed by atoms with Crippen LogP contribution in [0.3, 0.4) is 0 Å². The molecule has 134 valence electrons. The molecule has 1 atom stereocenters. The summed E-state index contributed by atoms with van der Waals surface area (Å²) in [5, 5.41) is 2.76. The third-order valence-corrected chi connectivity index (χ3v) is 4.98. The number of ether oxygens (including phenoxy) is 1. The van der Waals surface area contributed by atoms with Gasteiger partial charge in [0.15, 0.2) is 0 Å². The molecule has 1 aliphatic rings. The Hall–Kier alpha value is -2.40. The summed E-state index contributed by atoms with van der Waals surface area (Å²) >= 11 is 3.41. The van der Waals surface area contributed by atoms with Crippen LogP contribution in [0.2, 0.25) is 0 Å². The summed E-state index contributed by atoms with van der Waals surface area (Å²) in [6.45, 7) is 3.96. The lowest BCUT2D eigenvalue weighted by atomic mass is 9.84. The number of aryl methyl sites for hydroxylation is 1. The molecule has 0 aromatic heterocycles. The van der Waals surface area contributed by atoms with Gasteiger partial charge in [-0.05, 0) is 37.1 Å². The second-order valence-corrected chi connectivity index (χ2v) is 7.37. The molecule has 0 fully saturated rings. The summed E-state index contributed by atoms with van der Waals surface area (Å²) in [6, 6.07) is 15.5. The first-order chi connectivity index (χ1) is 12.4. The van der Waals surface area contributed by atoms with Crippen molar-refractivity contribution in [2.45, 2.75) is 32.8 Å². The van der Waals surface area contributed by atoms with Crippen LogP contribution in [0.15, 0.2) is 64.3 Å². The van der Waals surface area contributed by atoms with Crippen LogP contribution < -0.4 is 5.32 Å². The Morgan fingerprint density at radius 2 is 1.77 bits per heavy atom.